The van der Waals surface area contributed by atoms with Crippen molar-refractivity contribution >= 4 is 22.8 Å². The molecule has 0 aliphatic heterocycles. The standard InChI is InChI=1S/C12H16N8/c1-6(9-5-20(3)19-7(9)2)15-10-8-4-14-18-11(8)17-12(13)16-10/h4-6H,1-3H3,(H4,13,14,15,16,17,18). The summed E-state index contributed by atoms with van der Waals surface area (Å²) < 4.78 is 1.80. The Kier molecular flexibility index (Phi) is 2.78. The molecule has 0 radical (unpaired) electrons. The predicted octanol–water partition coefficient (Wildman–Crippen LogP) is 1.15. The van der Waals surface area contributed by atoms with Crippen molar-refractivity contribution in [1.29, 1.82) is 0 Å². The number of aromatic nitrogens is 6. The third kappa shape index (κ3) is 2.04. The van der Waals surface area contributed by atoms with Crippen molar-refractivity contribution in [3.63, 3.8) is 0 Å². The van der Waals surface area contributed by atoms with Crippen molar-refractivity contribution < 1.29 is 0 Å². The first kappa shape index (κ1) is 12.4. The maximum atomic E-state index is 5.71. The van der Waals surface area contributed by atoms with Gasteiger partial charge in [0.2, 0.25) is 5.95 Å². The Bertz CT molecular complexity index is 756. The molecule has 0 saturated heterocycles. The molecule has 4 N–H and O–H groups in total. The Morgan fingerprint density at radius 2 is 2.20 bits per heavy atom. The number of nitrogens with two attached hydrogens (primary N) is 1. The van der Waals surface area contributed by atoms with Gasteiger partial charge in [-0.1, -0.05) is 0 Å². The highest BCUT2D eigenvalue weighted by atomic mass is 15.3. The summed E-state index contributed by atoms with van der Waals surface area (Å²) in [6.07, 6.45) is 3.67. The molecule has 0 aromatic carbocycles. The minimum absolute atomic E-state index is 0.0519. The summed E-state index contributed by atoms with van der Waals surface area (Å²) in [7, 11) is 1.90. The highest BCUT2D eigenvalue weighted by Crippen LogP contribution is 2.25. The van der Waals surface area contributed by atoms with Crippen molar-refractivity contribution in [2.45, 2.75) is 19.9 Å². The van der Waals surface area contributed by atoms with Crippen LogP contribution in [0.4, 0.5) is 11.8 Å². The van der Waals surface area contributed by atoms with Gasteiger partial charge in [0.1, 0.15) is 5.82 Å². The molecule has 20 heavy (non-hydrogen) atoms. The van der Waals surface area contributed by atoms with Crippen LogP contribution in [0.1, 0.15) is 24.2 Å². The van der Waals surface area contributed by atoms with Crippen molar-refractivity contribution in [3.05, 3.63) is 23.7 Å². The summed E-state index contributed by atoms with van der Waals surface area (Å²) in [5.41, 5.74) is 8.42. The van der Waals surface area contributed by atoms with E-state index in [9.17, 15) is 0 Å². The zero-order valence-electron chi connectivity index (χ0n) is 11.5. The maximum absolute atomic E-state index is 5.71. The molecule has 0 saturated carbocycles. The Labute approximate surface area is 115 Å². The lowest BCUT2D eigenvalue weighted by atomic mass is 10.1. The number of aromatic amines is 1. The van der Waals surface area contributed by atoms with Crippen LogP contribution in [0.2, 0.25) is 0 Å². The van der Waals surface area contributed by atoms with Crippen molar-refractivity contribution in [1.82, 2.24) is 29.9 Å². The van der Waals surface area contributed by atoms with Gasteiger partial charge in [-0.15, -0.1) is 0 Å². The molecule has 1 atom stereocenters. The van der Waals surface area contributed by atoms with Gasteiger partial charge in [0.05, 0.1) is 23.3 Å². The van der Waals surface area contributed by atoms with Crippen molar-refractivity contribution in [2.75, 3.05) is 11.1 Å². The first-order chi connectivity index (χ1) is 9.54. The van der Waals surface area contributed by atoms with E-state index < -0.39 is 0 Å². The van der Waals surface area contributed by atoms with E-state index in [0.29, 0.717) is 11.5 Å². The topological polar surface area (TPSA) is 110 Å². The molecule has 3 aromatic rings. The predicted molar refractivity (Wildman–Crippen MR) is 76.1 cm³/mol. The van der Waals surface area contributed by atoms with E-state index >= 15 is 0 Å². The van der Waals surface area contributed by atoms with Crippen LogP contribution in [-0.2, 0) is 7.05 Å². The lowest BCUT2D eigenvalue weighted by Gasteiger charge is -2.14. The van der Waals surface area contributed by atoms with Crippen LogP contribution in [0.5, 0.6) is 0 Å². The quantitative estimate of drug-likeness (QED) is 0.659. The highest BCUT2D eigenvalue weighted by molar-refractivity contribution is 5.86. The van der Waals surface area contributed by atoms with Crippen LogP contribution in [0, 0.1) is 6.92 Å². The van der Waals surface area contributed by atoms with Crippen LogP contribution in [-0.4, -0.2) is 29.9 Å². The van der Waals surface area contributed by atoms with Gasteiger partial charge in [-0.25, -0.2) is 0 Å². The maximum Gasteiger partial charge on any atom is 0.224 e. The number of hydrogen-bond acceptors (Lipinski definition) is 6. The van der Waals surface area contributed by atoms with Gasteiger partial charge >= 0.3 is 0 Å². The van der Waals surface area contributed by atoms with E-state index in [1.807, 2.05) is 27.1 Å². The molecule has 0 amide bonds. The minimum atomic E-state index is 0.0519. The average Bonchev–Trinajstić information content (AvgIpc) is 2.95. The van der Waals surface area contributed by atoms with Gasteiger partial charge in [-0.2, -0.15) is 20.2 Å². The smallest absolute Gasteiger partial charge is 0.224 e. The largest absolute Gasteiger partial charge is 0.368 e. The van der Waals surface area contributed by atoms with E-state index in [4.69, 9.17) is 5.73 Å². The lowest BCUT2D eigenvalue weighted by Crippen LogP contribution is -2.10. The van der Waals surface area contributed by atoms with E-state index in [2.05, 4.69) is 30.6 Å². The summed E-state index contributed by atoms with van der Waals surface area (Å²) in [6, 6.07) is 0.0519. The fourth-order valence-corrected chi connectivity index (χ4v) is 2.29. The SMILES string of the molecule is Cc1nn(C)cc1C(C)Nc1nc(N)nc2[nH]ncc12. The number of nitrogens with one attached hydrogen (secondary N) is 2. The summed E-state index contributed by atoms with van der Waals surface area (Å²) in [5, 5.41) is 15.3. The number of nitrogen functional groups attached to an aromatic ring is 1. The fourth-order valence-electron chi connectivity index (χ4n) is 2.29. The number of nitrogens with zero attached hydrogens (tertiary/aromatic N) is 5. The Balaban J connectivity index is 1.96. The average molecular weight is 272 g/mol. The molecule has 0 fully saturated rings. The van der Waals surface area contributed by atoms with E-state index in [-0.39, 0.29) is 12.0 Å². The molecule has 1 unspecified atom stereocenters. The second-order valence-corrected chi connectivity index (χ2v) is 4.77. The van der Waals surface area contributed by atoms with Gasteiger partial charge < -0.3 is 11.1 Å². The number of aryl methyl sites for hydroxylation is 2. The Morgan fingerprint density at radius 1 is 1.40 bits per heavy atom. The third-order valence-corrected chi connectivity index (χ3v) is 3.20. The third-order valence-electron chi connectivity index (χ3n) is 3.20. The summed E-state index contributed by atoms with van der Waals surface area (Å²) in [5.74, 6) is 0.872. The van der Waals surface area contributed by atoms with Gasteiger partial charge in [-0.05, 0) is 13.8 Å². The molecule has 0 aliphatic carbocycles. The molecule has 8 nitrogen and oxygen atoms in total. The molecular formula is C12H16N8. The molecule has 0 bridgehead atoms. The highest BCUT2D eigenvalue weighted by Gasteiger charge is 2.15. The normalized spacial score (nSPS) is 12.8. The number of rotatable bonds is 3. The summed E-state index contributed by atoms with van der Waals surface area (Å²) >= 11 is 0. The lowest BCUT2D eigenvalue weighted by molar-refractivity contribution is 0.756. The molecule has 0 spiro atoms. The van der Waals surface area contributed by atoms with E-state index in [1.165, 1.54) is 0 Å². The van der Waals surface area contributed by atoms with Crippen LogP contribution >= 0.6 is 0 Å². The van der Waals surface area contributed by atoms with E-state index in [0.717, 1.165) is 16.6 Å². The minimum Gasteiger partial charge on any atom is -0.368 e. The second-order valence-electron chi connectivity index (χ2n) is 4.77. The van der Waals surface area contributed by atoms with Crippen LogP contribution in [0.15, 0.2) is 12.4 Å². The van der Waals surface area contributed by atoms with Crippen LogP contribution in [0.25, 0.3) is 11.0 Å². The Morgan fingerprint density at radius 3 is 2.90 bits per heavy atom. The zero-order chi connectivity index (χ0) is 14.3. The van der Waals surface area contributed by atoms with Crippen LogP contribution in [0.3, 0.4) is 0 Å². The van der Waals surface area contributed by atoms with Gasteiger partial charge in [-0.3, -0.25) is 9.78 Å². The molecular weight excluding hydrogens is 256 g/mol. The first-order valence-electron chi connectivity index (χ1n) is 6.28. The number of hydrogen-bond donors (Lipinski definition) is 3. The molecule has 8 heteroatoms. The van der Waals surface area contributed by atoms with Crippen molar-refractivity contribution in [2.24, 2.45) is 7.05 Å². The van der Waals surface area contributed by atoms with Crippen molar-refractivity contribution in [3.8, 4) is 0 Å². The molecule has 3 rings (SSSR count). The molecule has 3 heterocycles. The molecule has 104 valence electrons. The number of anilines is 2. The first-order valence-corrected chi connectivity index (χ1v) is 6.28. The summed E-state index contributed by atoms with van der Waals surface area (Å²) in [4.78, 5) is 8.33. The monoisotopic (exact) mass is 272 g/mol. The zero-order valence-corrected chi connectivity index (χ0v) is 11.5. The number of H-pyrrole nitrogens is 1. The number of fused-ring (bicyclic) bond motifs is 1. The fraction of sp³-hybridized carbons (Fsp3) is 0.333. The second kappa shape index (κ2) is 4.48. The van der Waals surface area contributed by atoms with Gasteiger partial charge in [0.15, 0.2) is 5.65 Å². The van der Waals surface area contributed by atoms with E-state index in [1.54, 1.807) is 10.9 Å². The van der Waals surface area contributed by atoms with Crippen LogP contribution < -0.4 is 11.1 Å². The molecule has 3 aromatic heterocycles. The summed E-state index contributed by atoms with van der Waals surface area (Å²) in [6.45, 7) is 4.03. The van der Waals surface area contributed by atoms with Gasteiger partial charge in [0.25, 0.3) is 0 Å². The van der Waals surface area contributed by atoms with Gasteiger partial charge in [0, 0.05) is 18.8 Å². The Hall–Kier alpha value is -2.64. The molecule has 0 aliphatic rings.